The third-order valence-electron chi connectivity index (χ3n) is 3.34. The van der Waals surface area contributed by atoms with Crippen molar-refractivity contribution in [1.29, 1.82) is 0 Å². The average molecular weight is 386 g/mol. The van der Waals surface area contributed by atoms with Crippen LogP contribution in [0.1, 0.15) is 0 Å². The molecule has 0 aliphatic rings. The molecule has 0 amide bonds. The van der Waals surface area contributed by atoms with Crippen LogP contribution in [0.2, 0.25) is 0 Å². The summed E-state index contributed by atoms with van der Waals surface area (Å²) >= 11 is 3.41. The third-order valence-corrected chi connectivity index (χ3v) is 3.87. The fourth-order valence-electron chi connectivity index (χ4n) is 2.08. The Labute approximate surface area is 148 Å². The number of halogens is 1. The van der Waals surface area contributed by atoms with E-state index in [1.807, 2.05) is 48.5 Å². The van der Waals surface area contributed by atoms with Crippen molar-refractivity contribution in [1.82, 2.24) is 9.97 Å². The van der Waals surface area contributed by atoms with Crippen LogP contribution in [0, 0.1) is 0 Å². The molecule has 122 valence electrons. The summed E-state index contributed by atoms with van der Waals surface area (Å²) < 4.78 is 6.15. The van der Waals surface area contributed by atoms with Crippen LogP contribution < -0.4 is 21.1 Å². The first-order chi connectivity index (χ1) is 11.7. The SMILES string of the molecule is COc1ccc(Nc2ncnc(Nc3ccc(Br)cc3)c2N)cc1. The van der Waals surface area contributed by atoms with E-state index in [0.717, 1.165) is 21.6 Å². The van der Waals surface area contributed by atoms with Crippen molar-refractivity contribution in [3.8, 4) is 5.75 Å². The molecule has 3 aromatic rings. The van der Waals surface area contributed by atoms with E-state index in [9.17, 15) is 0 Å². The Hall–Kier alpha value is -2.80. The summed E-state index contributed by atoms with van der Waals surface area (Å²) in [6, 6.07) is 15.3. The molecule has 0 atom stereocenters. The van der Waals surface area contributed by atoms with Gasteiger partial charge in [-0.1, -0.05) is 15.9 Å². The summed E-state index contributed by atoms with van der Waals surface area (Å²) in [4.78, 5) is 8.41. The number of methoxy groups -OCH3 is 1. The van der Waals surface area contributed by atoms with Crippen LogP contribution in [-0.2, 0) is 0 Å². The minimum absolute atomic E-state index is 0.441. The van der Waals surface area contributed by atoms with Crippen LogP contribution in [0.5, 0.6) is 5.75 Å². The number of nitrogens with one attached hydrogen (secondary N) is 2. The summed E-state index contributed by atoms with van der Waals surface area (Å²) in [6.45, 7) is 0. The molecule has 0 bridgehead atoms. The highest BCUT2D eigenvalue weighted by Crippen LogP contribution is 2.29. The zero-order valence-electron chi connectivity index (χ0n) is 13.0. The maximum atomic E-state index is 6.18. The second kappa shape index (κ2) is 7.18. The number of rotatable bonds is 5. The van der Waals surface area contributed by atoms with Crippen LogP contribution in [0.15, 0.2) is 59.3 Å². The number of benzene rings is 2. The van der Waals surface area contributed by atoms with Gasteiger partial charge in [0.15, 0.2) is 11.6 Å². The van der Waals surface area contributed by atoms with Gasteiger partial charge in [0.25, 0.3) is 0 Å². The van der Waals surface area contributed by atoms with Crippen molar-refractivity contribution in [2.45, 2.75) is 0 Å². The number of ether oxygens (including phenoxy) is 1. The average Bonchev–Trinajstić information content (AvgIpc) is 2.61. The second-order valence-electron chi connectivity index (χ2n) is 4.97. The molecule has 0 aliphatic carbocycles. The van der Waals surface area contributed by atoms with Crippen LogP contribution >= 0.6 is 15.9 Å². The number of nitrogen functional groups attached to an aromatic ring is 1. The topological polar surface area (TPSA) is 85.1 Å². The number of anilines is 5. The minimum atomic E-state index is 0.441. The van der Waals surface area contributed by atoms with E-state index in [2.05, 4.69) is 36.5 Å². The first kappa shape index (κ1) is 16.1. The van der Waals surface area contributed by atoms with Gasteiger partial charge in [0.05, 0.1) is 7.11 Å². The Morgan fingerprint density at radius 3 is 1.88 bits per heavy atom. The highest BCUT2D eigenvalue weighted by atomic mass is 79.9. The third kappa shape index (κ3) is 3.75. The van der Waals surface area contributed by atoms with Gasteiger partial charge in [-0.2, -0.15) is 0 Å². The van der Waals surface area contributed by atoms with Gasteiger partial charge in [0.1, 0.15) is 17.8 Å². The standard InChI is InChI=1S/C17H16BrN5O/c1-24-14-8-6-13(7-9-14)23-17-15(19)16(20-10-21-17)22-12-4-2-11(18)3-5-12/h2-10H,19H2,1H3,(H2,20,21,22,23). The van der Waals surface area contributed by atoms with E-state index in [1.54, 1.807) is 7.11 Å². The Morgan fingerprint density at radius 1 is 0.875 bits per heavy atom. The molecule has 0 saturated carbocycles. The molecule has 0 saturated heterocycles. The predicted octanol–water partition coefficient (Wildman–Crippen LogP) is 4.32. The van der Waals surface area contributed by atoms with E-state index in [0.29, 0.717) is 17.3 Å². The first-order valence-electron chi connectivity index (χ1n) is 7.20. The van der Waals surface area contributed by atoms with Crippen LogP contribution in [0.25, 0.3) is 0 Å². The molecule has 0 spiro atoms. The summed E-state index contributed by atoms with van der Waals surface area (Å²) in [5.74, 6) is 1.87. The maximum Gasteiger partial charge on any atom is 0.159 e. The highest BCUT2D eigenvalue weighted by Gasteiger charge is 2.09. The van der Waals surface area contributed by atoms with Gasteiger partial charge in [0, 0.05) is 15.8 Å². The van der Waals surface area contributed by atoms with Crippen molar-refractivity contribution in [3.05, 3.63) is 59.3 Å². The van der Waals surface area contributed by atoms with Gasteiger partial charge in [0.2, 0.25) is 0 Å². The van der Waals surface area contributed by atoms with E-state index < -0.39 is 0 Å². The zero-order chi connectivity index (χ0) is 16.9. The second-order valence-corrected chi connectivity index (χ2v) is 5.89. The number of nitrogens with zero attached hydrogens (tertiary/aromatic N) is 2. The largest absolute Gasteiger partial charge is 0.497 e. The molecule has 24 heavy (non-hydrogen) atoms. The van der Waals surface area contributed by atoms with Gasteiger partial charge in [-0.15, -0.1) is 0 Å². The smallest absolute Gasteiger partial charge is 0.159 e. The number of aromatic nitrogens is 2. The van der Waals surface area contributed by atoms with E-state index >= 15 is 0 Å². The molecular weight excluding hydrogens is 370 g/mol. The lowest BCUT2D eigenvalue weighted by Crippen LogP contribution is -2.05. The summed E-state index contributed by atoms with van der Waals surface area (Å²) in [5.41, 5.74) is 8.37. The Kier molecular flexibility index (Phi) is 4.81. The van der Waals surface area contributed by atoms with Crippen molar-refractivity contribution >= 4 is 44.6 Å². The molecule has 2 aromatic carbocycles. The van der Waals surface area contributed by atoms with E-state index in [1.165, 1.54) is 6.33 Å². The molecule has 6 nitrogen and oxygen atoms in total. The van der Waals surface area contributed by atoms with Gasteiger partial charge in [-0.3, -0.25) is 0 Å². The summed E-state index contributed by atoms with van der Waals surface area (Å²) in [7, 11) is 1.63. The first-order valence-corrected chi connectivity index (χ1v) is 7.99. The molecule has 1 aromatic heterocycles. The van der Waals surface area contributed by atoms with Crippen LogP contribution in [0.3, 0.4) is 0 Å². The summed E-state index contributed by atoms with van der Waals surface area (Å²) in [6.07, 6.45) is 1.46. The Balaban J connectivity index is 1.80. The van der Waals surface area contributed by atoms with E-state index in [-0.39, 0.29) is 0 Å². The van der Waals surface area contributed by atoms with Gasteiger partial charge < -0.3 is 21.1 Å². The lowest BCUT2D eigenvalue weighted by molar-refractivity contribution is 0.415. The van der Waals surface area contributed by atoms with Gasteiger partial charge in [-0.25, -0.2) is 9.97 Å². The molecule has 4 N–H and O–H groups in total. The van der Waals surface area contributed by atoms with Crippen LogP contribution in [-0.4, -0.2) is 17.1 Å². The Bertz CT molecular complexity index is 821. The van der Waals surface area contributed by atoms with Crippen molar-refractivity contribution in [2.24, 2.45) is 0 Å². The fraction of sp³-hybridized carbons (Fsp3) is 0.0588. The molecule has 1 heterocycles. The van der Waals surface area contributed by atoms with Crippen molar-refractivity contribution in [3.63, 3.8) is 0 Å². The number of hydrogen-bond acceptors (Lipinski definition) is 6. The molecule has 0 radical (unpaired) electrons. The molecule has 0 aliphatic heterocycles. The number of nitrogens with two attached hydrogens (primary N) is 1. The lowest BCUT2D eigenvalue weighted by atomic mass is 10.3. The quantitative estimate of drug-likeness (QED) is 0.606. The number of hydrogen-bond donors (Lipinski definition) is 3. The highest BCUT2D eigenvalue weighted by molar-refractivity contribution is 9.10. The predicted molar refractivity (Wildman–Crippen MR) is 100 cm³/mol. The van der Waals surface area contributed by atoms with Crippen molar-refractivity contribution < 1.29 is 4.74 Å². The van der Waals surface area contributed by atoms with Crippen LogP contribution in [0.4, 0.5) is 28.7 Å². The molecule has 0 unspecified atom stereocenters. The Morgan fingerprint density at radius 2 is 1.38 bits per heavy atom. The van der Waals surface area contributed by atoms with E-state index in [4.69, 9.17) is 10.5 Å². The lowest BCUT2D eigenvalue weighted by Gasteiger charge is -2.13. The molecule has 7 heteroatoms. The summed E-state index contributed by atoms with van der Waals surface area (Å²) in [5, 5.41) is 6.37. The monoisotopic (exact) mass is 385 g/mol. The van der Waals surface area contributed by atoms with Crippen molar-refractivity contribution in [2.75, 3.05) is 23.5 Å². The molecule has 3 rings (SSSR count). The maximum absolute atomic E-state index is 6.18. The zero-order valence-corrected chi connectivity index (χ0v) is 14.5. The normalized spacial score (nSPS) is 10.2. The minimum Gasteiger partial charge on any atom is -0.497 e. The molecule has 0 fully saturated rings. The fourth-order valence-corrected chi connectivity index (χ4v) is 2.34. The van der Waals surface area contributed by atoms with Gasteiger partial charge in [-0.05, 0) is 48.5 Å². The van der Waals surface area contributed by atoms with Gasteiger partial charge >= 0.3 is 0 Å². The molecular formula is C17H16BrN5O.